The van der Waals surface area contributed by atoms with Crippen LogP contribution in [0.4, 0.5) is 16.8 Å². The molecule has 1 aromatic carbocycles. The van der Waals surface area contributed by atoms with Gasteiger partial charge in [0.1, 0.15) is 0 Å². The number of amides is 1. The van der Waals surface area contributed by atoms with Gasteiger partial charge in [0.05, 0.1) is 5.75 Å². The maximum absolute atomic E-state index is 12.1. The third kappa shape index (κ3) is 5.24. The fourth-order valence-corrected chi connectivity index (χ4v) is 3.95. The number of nitrogens with one attached hydrogen (secondary N) is 2. The zero-order chi connectivity index (χ0) is 19.4. The Balaban J connectivity index is 1.56. The highest BCUT2D eigenvalue weighted by Gasteiger charge is 2.11. The zero-order valence-corrected chi connectivity index (χ0v) is 17.2. The van der Waals surface area contributed by atoms with Gasteiger partial charge >= 0.3 is 0 Å². The molecule has 0 aliphatic carbocycles. The van der Waals surface area contributed by atoms with Crippen LogP contribution in [-0.2, 0) is 4.79 Å². The van der Waals surface area contributed by atoms with Gasteiger partial charge < -0.3 is 5.32 Å². The fraction of sp³-hybridized carbons (Fsp3) is 0.278. The van der Waals surface area contributed by atoms with Crippen LogP contribution in [0.25, 0.3) is 0 Å². The summed E-state index contributed by atoms with van der Waals surface area (Å²) < 4.78 is 0.722. The number of aromatic nitrogens is 4. The predicted octanol–water partition coefficient (Wildman–Crippen LogP) is 4.04. The standard InChI is InChI=1S/C18H20N6OS2/c1-10-6-5-7-14(13(10)4)21-17-23-24-18(27-17)26-9-15(25)22-16-19-11(2)8-12(3)20-16/h5-8H,9H2,1-4H3,(H,21,23)(H,19,20,22,25). The van der Waals surface area contributed by atoms with Crippen LogP contribution in [0, 0.1) is 27.7 Å². The van der Waals surface area contributed by atoms with E-state index in [-0.39, 0.29) is 11.7 Å². The number of carbonyl (C=O) groups is 1. The molecule has 140 valence electrons. The number of thioether (sulfide) groups is 1. The highest BCUT2D eigenvalue weighted by molar-refractivity contribution is 8.01. The number of anilines is 3. The van der Waals surface area contributed by atoms with E-state index in [1.165, 1.54) is 34.2 Å². The summed E-state index contributed by atoms with van der Waals surface area (Å²) >= 11 is 2.75. The quantitative estimate of drug-likeness (QED) is 0.603. The summed E-state index contributed by atoms with van der Waals surface area (Å²) in [6.07, 6.45) is 0. The molecule has 27 heavy (non-hydrogen) atoms. The summed E-state index contributed by atoms with van der Waals surface area (Å²) in [5.74, 6) is 0.367. The van der Waals surface area contributed by atoms with Crippen molar-refractivity contribution < 1.29 is 4.79 Å². The Morgan fingerprint density at radius 1 is 1.11 bits per heavy atom. The van der Waals surface area contributed by atoms with Crippen molar-refractivity contribution in [3.05, 3.63) is 46.8 Å². The Kier molecular flexibility index (Phi) is 6.02. The second-order valence-electron chi connectivity index (χ2n) is 6.06. The van der Waals surface area contributed by atoms with E-state index in [2.05, 4.69) is 50.7 Å². The molecular weight excluding hydrogens is 380 g/mol. The maximum atomic E-state index is 12.1. The van der Waals surface area contributed by atoms with Crippen LogP contribution in [0.1, 0.15) is 22.5 Å². The van der Waals surface area contributed by atoms with Gasteiger partial charge in [0, 0.05) is 17.1 Å². The summed E-state index contributed by atoms with van der Waals surface area (Å²) in [5, 5.41) is 15.0. The molecule has 0 atom stereocenters. The molecule has 0 unspecified atom stereocenters. The largest absolute Gasteiger partial charge is 0.330 e. The molecule has 3 rings (SSSR count). The topological polar surface area (TPSA) is 92.7 Å². The van der Waals surface area contributed by atoms with Gasteiger partial charge in [-0.05, 0) is 51.0 Å². The van der Waals surface area contributed by atoms with Crippen molar-refractivity contribution in [1.29, 1.82) is 0 Å². The van der Waals surface area contributed by atoms with Gasteiger partial charge in [-0.1, -0.05) is 35.2 Å². The van der Waals surface area contributed by atoms with E-state index >= 15 is 0 Å². The van der Waals surface area contributed by atoms with Crippen molar-refractivity contribution in [2.45, 2.75) is 32.0 Å². The van der Waals surface area contributed by atoms with Crippen LogP contribution in [0.5, 0.6) is 0 Å². The van der Waals surface area contributed by atoms with Gasteiger partial charge in [0.15, 0.2) is 4.34 Å². The Hall–Kier alpha value is -2.52. The van der Waals surface area contributed by atoms with Crippen molar-refractivity contribution in [3.8, 4) is 0 Å². The summed E-state index contributed by atoms with van der Waals surface area (Å²) in [5.41, 5.74) is 5.03. The lowest BCUT2D eigenvalue weighted by molar-refractivity contribution is -0.113. The number of aryl methyl sites for hydroxylation is 3. The minimum absolute atomic E-state index is 0.177. The van der Waals surface area contributed by atoms with Crippen molar-refractivity contribution in [2.75, 3.05) is 16.4 Å². The molecule has 9 heteroatoms. The number of rotatable bonds is 6. The zero-order valence-electron chi connectivity index (χ0n) is 15.5. The maximum Gasteiger partial charge on any atom is 0.237 e. The number of nitrogens with zero attached hydrogens (tertiary/aromatic N) is 4. The van der Waals surface area contributed by atoms with Crippen molar-refractivity contribution >= 4 is 45.8 Å². The van der Waals surface area contributed by atoms with Crippen molar-refractivity contribution in [3.63, 3.8) is 0 Å². The smallest absolute Gasteiger partial charge is 0.237 e. The van der Waals surface area contributed by atoms with Gasteiger partial charge in [0.25, 0.3) is 0 Å². The molecule has 3 aromatic rings. The molecule has 0 aliphatic rings. The van der Waals surface area contributed by atoms with Crippen LogP contribution in [0.3, 0.4) is 0 Å². The minimum Gasteiger partial charge on any atom is -0.330 e. The molecule has 2 aromatic heterocycles. The van der Waals surface area contributed by atoms with E-state index in [0.717, 1.165) is 21.4 Å². The van der Waals surface area contributed by atoms with Crippen molar-refractivity contribution in [2.24, 2.45) is 0 Å². The van der Waals surface area contributed by atoms with Crippen LogP contribution in [0.15, 0.2) is 28.6 Å². The first-order valence-corrected chi connectivity index (χ1v) is 10.1. The highest BCUT2D eigenvalue weighted by atomic mass is 32.2. The molecule has 0 saturated carbocycles. The monoisotopic (exact) mass is 400 g/mol. The van der Waals surface area contributed by atoms with Gasteiger partial charge in [-0.15, -0.1) is 10.2 Å². The lowest BCUT2D eigenvalue weighted by Crippen LogP contribution is -2.16. The molecule has 0 fully saturated rings. The second-order valence-corrected chi connectivity index (χ2v) is 8.26. The van der Waals surface area contributed by atoms with E-state index in [0.29, 0.717) is 11.1 Å². The molecule has 1 amide bonds. The molecule has 0 spiro atoms. The normalized spacial score (nSPS) is 10.7. The van der Waals surface area contributed by atoms with Gasteiger partial charge in [-0.3, -0.25) is 10.1 Å². The van der Waals surface area contributed by atoms with Crippen molar-refractivity contribution in [1.82, 2.24) is 20.2 Å². The van der Waals surface area contributed by atoms with Crippen LogP contribution in [-0.4, -0.2) is 31.8 Å². The fourth-order valence-electron chi connectivity index (χ4n) is 2.39. The van der Waals surface area contributed by atoms with Crippen LogP contribution >= 0.6 is 23.1 Å². The van der Waals surface area contributed by atoms with Crippen LogP contribution in [0.2, 0.25) is 0 Å². The summed E-state index contributed by atoms with van der Waals surface area (Å²) in [4.78, 5) is 20.5. The number of hydrogen-bond donors (Lipinski definition) is 2. The predicted molar refractivity (Wildman–Crippen MR) is 110 cm³/mol. The van der Waals surface area contributed by atoms with Gasteiger partial charge in [0.2, 0.25) is 17.0 Å². The first-order chi connectivity index (χ1) is 12.9. The molecule has 0 bridgehead atoms. The molecule has 2 N–H and O–H groups in total. The minimum atomic E-state index is -0.177. The summed E-state index contributed by atoms with van der Waals surface area (Å²) in [6, 6.07) is 7.94. The third-order valence-corrected chi connectivity index (χ3v) is 5.78. The third-order valence-electron chi connectivity index (χ3n) is 3.81. The van der Waals surface area contributed by atoms with E-state index in [1.54, 1.807) is 0 Å². The summed E-state index contributed by atoms with van der Waals surface area (Å²) in [7, 11) is 0. The van der Waals surface area contributed by atoms with E-state index in [1.807, 2.05) is 32.0 Å². The summed E-state index contributed by atoms with van der Waals surface area (Å²) in [6.45, 7) is 7.86. The molecular formula is C18H20N6OS2. The Bertz CT molecular complexity index is 952. The first kappa shape index (κ1) is 19.2. The van der Waals surface area contributed by atoms with Crippen LogP contribution < -0.4 is 10.6 Å². The Morgan fingerprint density at radius 2 is 1.85 bits per heavy atom. The second kappa shape index (κ2) is 8.45. The van der Waals surface area contributed by atoms with Gasteiger partial charge in [-0.25, -0.2) is 9.97 Å². The van der Waals surface area contributed by atoms with Gasteiger partial charge in [-0.2, -0.15) is 0 Å². The highest BCUT2D eigenvalue weighted by Crippen LogP contribution is 2.29. The Morgan fingerprint density at radius 3 is 2.59 bits per heavy atom. The average Bonchev–Trinajstić information content (AvgIpc) is 3.04. The average molecular weight is 401 g/mol. The van der Waals surface area contributed by atoms with E-state index in [4.69, 9.17) is 0 Å². The number of benzene rings is 1. The first-order valence-electron chi connectivity index (χ1n) is 8.32. The molecule has 7 nitrogen and oxygen atoms in total. The molecule has 0 saturated heterocycles. The number of carbonyl (C=O) groups excluding carboxylic acids is 1. The van der Waals surface area contributed by atoms with E-state index in [9.17, 15) is 4.79 Å². The molecule has 2 heterocycles. The lowest BCUT2D eigenvalue weighted by Gasteiger charge is -2.08. The lowest BCUT2D eigenvalue weighted by atomic mass is 10.1. The number of hydrogen-bond acceptors (Lipinski definition) is 8. The Labute approximate surface area is 166 Å². The van der Waals surface area contributed by atoms with E-state index < -0.39 is 0 Å². The molecule has 0 aliphatic heterocycles. The SMILES string of the molecule is Cc1cc(C)nc(NC(=O)CSc2nnc(Nc3cccc(C)c3C)s2)n1. The molecule has 0 radical (unpaired) electrons.